The Kier molecular flexibility index (Phi) is 5.63. The van der Waals surface area contributed by atoms with Crippen LogP contribution in [0.1, 0.15) is 29.0 Å². The number of hydrogen-bond donors (Lipinski definition) is 0. The van der Waals surface area contributed by atoms with Crippen LogP contribution in [0.5, 0.6) is 11.5 Å². The van der Waals surface area contributed by atoms with Gasteiger partial charge in [0, 0.05) is 17.0 Å². The highest BCUT2D eigenvalue weighted by molar-refractivity contribution is 5.72. The van der Waals surface area contributed by atoms with Crippen LogP contribution in [0.3, 0.4) is 0 Å². The summed E-state index contributed by atoms with van der Waals surface area (Å²) in [7, 11) is 4.65. The van der Waals surface area contributed by atoms with E-state index in [-0.39, 0.29) is 18.3 Å². The van der Waals surface area contributed by atoms with Gasteiger partial charge in [-0.15, -0.1) is 0 Å². The van der Waals surface area contributed by atoms with Crippen LogP contribution in [-0.4, -0.2) is 27.3 Å². The van der Waals surface area contributed by atoms with Gasteiger partial charge in [0.1, 0.15) is 11.5 Å². The molecule has 0 heterocycles. The molecule has 1 atom stereocenters. The first-order valence-electron chi connectivity index (χ1n) is 7.45. The average Bonchev–Trinajstić information content (AvgIpc) is 2.59. The molecule has 2 rings (SSSR count). The molecule has 0 fully saturated rings. The van der Waals surface area contributed by atoms with Crippen LogP contribution in [0.2, 0.25) is 0 Å². The van der Waals surface area contributed by atoms with Crippen LogP contribution in [0.15, 0.2) is 42.5 Å². The Morgan fingerprint density at radius 3 is 2.26 bits per heavy atom. The zero-order valence-electron chi connectivity index (χ0n) is 14.0. The topological polar surface area (TPSA) is 44.8 Å². The van der Waals surface area contributed by atoms with Crippen molar-refractivity contribution in [3.63, 3.8) is 0 Å². The zero-order chi connectivity index (χ0) is 16.8. The Labute approximate surface area is 137 Å². The Balaban J connectivity index is 2.59. The fourth-order valence-electron chi connectivity index (χ4n) is 2.72. The smallest absolute Gasteiger partial charge is 0.306 e. The Hall–Kier alpha value is -2.49. The summed E-state index contributed by atoms with van der Waals surface area (Å²) in [5.74, 6) is 1.01. The van der Waals surface area contributed by atoms with E-state index in [1.807, 2.05) is 49.4 Å². The van der Waals surface area contributed by atoms with Crippen molar-refractivity contribution < 1.29 is 19.0 Å². The van der Waals surface area contributed by atoms with Crippen LogP contribution in [0.4, 0.5) is 0 Å². The summed E-state index contributed by atoms with van der Waals surface area (Å²) in [6.45, 7) is 2.01. The fraction of sp³-hybridized carbons (Fsp3) is 0.316. The van der Waals surface area contributed by atoms with Crippen LogP contribution in [0.25, 0.3) is 0 Å². The van der Waals surface area contributed by atoms with Crippen molar-refractivity contribution in [2.45, 2.75) is 19.3 Å². The third-order valence-electron chi connectivity index (χ3n) is 3.87. The van der Waals surface area contributed by atoms with Gasteiger partial charge in [0.25, 0.3) is 0 Å². The maximum absolute atomic E-state index is 11.9. The van der Waals surface area contributed by atoms with E-state index in [9.17, 15) is 4.79 Å². The minimum Gasteiger partial charge on any atom is -0.496 e. The average molecular weight is 314 g/mol. The Bertz CT molecular complexity index is 679. The number of benzene rings is 2. The molecular formula is C19H22O4. The molecule has 2 aromatic carbocycles. The van der Waals surface area contributed by atoms with Gasteiger partial charge in [0.15, 0.2) is 0 Å². The van der Waals surface area contributed by atoms with E-state index < -0.39 is 0 Å². The number of aryl methyl sites for hydroxylation is 1. The molecule has 4 heteroatoms. The SMILES string of the molecule is COC(=O)CC(c1ccccc1OC)c1cc(C)ccc1OC. The molecule has 122 valence electrons. The predicted octanol–water partition coefficient (Wildman–Crippen LogP) is 3.71. The third kappa shape index (κ3) is 3.83. The van der Waals surface area contributed by atoms with Crippen LogP contribution in [0, 0.1) is 6.92 Å². The summed E-state index contributed by atoms with van der Waals surface area (Å²) in [5.41, 5.74) is 2.98. The highest BCUT2D eigenvalue weighted by Crippen LogP contribution is 2.39. The highest BCUT2D eigenvalue weighted by Gasteiger charge is 2.25. The van der Waals surface area contributed by atoms with Crippen molar-refractivity contribution in [1.82, 2.24) is 0 Å². The number of rotatable bonds is 6. The zero-order valence-corrected chi connectivity index (χ0v) is 14.0. The fourth-order valence-corrected chi connectivity index (χ4v) is 2.72. The third-order valence-corrected chi connectivity index (χ3v) is 3.87. The first-order valence-corrected chi connectivity index (χ1v) is 7.45. The maximum Gasteiger partial charge on any atom is 0.306 e. The van der Waals surface area contributed by atoms with Gasteiger partial charge in [-0.3, -0.25) is 4.79 Å². The molecule has 23 heavy (non-hydrogen) atoms. The normalized spacial score (nSPS) is 11.7. The maximum atomic E-state index is 11.9. The summed E-state index contributed by atoms with van der Waals surface area (Å²) in [6.07, 6.45) is 0.219. The number of para-hydroxylation sites is 1. The second-order valence-corrected chi connectivity index (χ2v) is 5.32. The minimum atomic E-state index is -0.274. The van der Waals surface area contributed by atoms with Crippen LogP contribution < -0.4 is 9.47 Å². The van der Waals surface area contributed by atoms with E-state index >= 15 is 0 Å². The molecule has 0 saturated carbocycles. The van der Waals surface area contributed by atoms with Crippen molar-refractivity contribution in [1.29, 1.82) is 0 Å². The second kappa shape index (κ2) is 7.68. The molecule has 1 unspecified atom stereocenters. The monoisotopic (exact) mass is 314 g/mol. The van der Waals surface area contributed by atoms with E-state index in [1.54, 1.807) is 14.2 Å². The van der Waals surface area contributed by atoms with Crippen molar-refractivity contribution in [3.05, 3.63) is 59.2 Å². The van der Waals surface area contributed by atoms with Gasteiger partial charge in [0.05, 0.1) is 27.8 Å². The van der Waals surface area contributed by atoms with Gasteiger partial charge in [0.2, 0.25) is 0 Å². The van der Waals surface area contributed by atoms with Gasteiger partial charge in [-0.2, -0.15) is 0 Å². The molecule has 0 aliphatic carbocycles. The molecule has 0 N–H and O–H groups in total. The molecule has 0 radical (unpaired) electrons. The van der Waals surface area contributed by atoms with E-state index in [0.717, 1.165) is 28.2 Å². The standard InChI is InChI=1S/C19H22O4/c1-13-9-10-18(22-3)16(11-13)15(12-19(20)23-4)14-7-5-6-8-17(14)21-2/h5-11,15H,12H2,1-4H3. The van der Waals surface area contributed by atoms with Gasteiger partial charge in [-0.1, -0.05) is 35.9 Å². The summed E-state index contributed by atoms with van der Waals surface area (Å²) < 4.78 is 15.9. The Morgan fingerprint density at radius 1 is 0.957 bits per heavy atom. The largest absolute Gasteiger partial charge is 0.496 e. The molecule has 0 aliphatic rings. The van der Waals surface area contributed by atoms with Gasteiger partial charge < -0.3 is 14.2 Å². The van der Waals surface area contributed by atoms with E-state index in [2.05, 4.69) is 0 Å². The van der Waals surface area contributed by atoms with Crippen molar-refractivity contribution in [2.75, 3.05) is 21.3 Å². The number of methoxy groups -OCH3 is 3. The van der Waals surface area contributed by atoms with Crippen molar-refractivity contribution in [3.8, 4) is 11.5 Å². The predicted molar refractivity (Wildman–Crippen MR) is 89.2 cm³/mol. The molecular weight excluding hydrogens is 292 g/mol. The number of carbonyl (C=O) groups excluding carboxylic acids is 1. The first-order chi connectivity index (χ1) is 11.1. The van der Waals surface area contributed by atoms with E-state index in [0.29, 0.717) is 0 Å². The summed E-state index contributed by atoms with van der Waals surface area (Å²) in [5, 5.41) is 0. The lowest BCUT2D eigenvalue weighted by molar-refractivity contribution is -0.140. The van der Waals surface area contributed by atoms with Crippen LogP contribution >= 0.6 is 0 Å². The van der Waals surface area contributed by atoms with Gasteiger partial charge >= 0.3 is 5.97 Å². The number of carbonyl (C=O) groups is 1. The first kappa shape index (κ1) is 16.9. The molecule has 0 saturated heterocycles. The number of ether oxygens (including phenoxy) is 3. The molecule has 0 aliphatic heterocycles. The van der Waals surface area contributed by atoms with Crippen molar-refractivity contribution in [2.24, 2.45) is 0 Å². The second-order valence-electron chi connectivity index (χ2n) is 5.32. The lowest BCUT2D eigenvalue weighted by atomic mass is 9.86. The minimum absolute atomic E-state index is 0.201. The van der Waals surface area contributed by atoms with E-state index in [4.69, 9.17) is 14.2 Å². The number of esters is 1. The highest BCUT2D eigenvalue weighted by atomic mass is 16.5. The Morgan fingerprint density at radius 2 is 1.61 bits per heavy atom. The molecule has 0 bridgehead atoms. The summed E-state index contributed by atoms with van der Waals surface area (Å²) in [4.78, 5) is 11.9. The lowest BCUT2D eigenvalue weighted by Crippen LogP contribution is -2.12. The van der Waals surface area contributed by atoms with E-state index in [1.165, 1.54) is 7.11 Å². The summed E-state index contributed by atoms with van der Waals surface area (Å²) in [6, 6.07) is 13.6. The summed E-state index contributed by atoms with van der Waals surface area (Å²) >= 11 is 0. The molecule has 0 spiro atoms. The molecule has 2 aromatic rings. The molecule has 0 amide bonds. The lowest BCUT2D eigenvalue weighted by Gasteiger charge is -2.22. The number of hydrogen-bond acceptors (Lipinski definition) is 4. The van der Waals surface area contributed by atoms with Gasteiger partial charge in [-0.05, 0) is 19.1 Å². The van der Waals surface area contributed by atoms with Gasteiger partial charge in [-0.25, -0.2) is 0 Å². The quantitative estimate of drug-likeness (QED) is 0.763. The molecule has 0 aromatic heterocycles. The molecule has 4 nitrogen and oxygen atoms in total. The van der Waals surface area contributed by atoms with Crippen LogP contribution in [-0.2, 0) is 9.53 Å². The van der Waals surface area contributed by atoms with Crippen molar-refractivity contribution >= 4 is 5.97 Å².